The van der Waals surface area contributed by atoms with Gasteiger partial charge in [0.15, 0.2) is 11.5 Å². The Balaban J connectivity index is 1.70. The summed E-state index contributed by atoms with van der Waals surface area (Å²) < 4.78 is 15.9. The van der Waals surface area contributed by atoms with Crippen molar-refractivity contribution in [3.05, 3.63) is 58.1 Å². The van der Waals surface area contributed by atoms with Crippen molar-refractivity contribution in [1.82, 2.24) is 10.9 Å². The van der Waals surface area contributed by atoms with Crippen molar-refractivity contribution < 1.29 is 23.8 Å². The average Bonchev–Trinajstić information content (AvgIpc) is 2.74. The summed E-state index contributed by atoms with van der Waals surface area (Å²) in [5, 5.41) is 0.920. The van der Waals surface area contributed by atoms with Gasteiger partial charge in [-0.1, -0.05) is 29.3 Å². The van der Waals surface area contributed by atoms with Gasteiger partial charge in [0.05, 0.1) is 25.8 Å². The molecular formula is C21H22Cl2N2O5. The number of hydrogen-bond acceptors (Lipinski definition) is 5. The van der Waals surface area contributed by atoms with Crippen molar-refractivity contribution in [3.8, 4) is 17.2 Å². The first kappa shape index (κ1) is 23.4. The molecule has 2 amide bonds. The second-order valence-electron chi connectivity index (χ2n) is 6.01. The summed E-state index contributed by atoms with van der Waals surface area (Å²) >= 11 is 11.8. The Morgan fingerprint density at radius 1 is 0.967 bits per heavy atom. The third-order valence-corrected chi connectivity index (χ3v) is 4.39. The van der Waals surface area contributed by atoms with Crippen LogP contribution < -0.4 is 25.1 Å². The van der Waals surface area contributed by atoms with Crippen LogP contribution in [-0.4, -0.2) is 32.6 Å². The highest BCUT2D eigenvalue weighted by atomic mass is 35.5. The van der Waals surface area contributed by atoms with E-state index in [9.17, 15) is 9.59 Å². The predicted octanol–water partition coefficient (Wildman–Crippen LogP) is 4.03. The third kappa shape index (κ3) is 7.50. The standard InChI is InChI=1S/C21H22Cl2N2O5/c1-28-18-8-5-14(12-19(18)29-2)6-10-21(27)25-24-20(26)4-3-11-30-17-9-7-15(22)13-16(17)23/h5-10,12-13H,3-4,11H2,1-2H3,(H,24,26)(H,25,27). The smallest absolute Gasteiger partial charge is 0.262 e. The Bertz CT molecular complexity index is 918. The van der Waals surface area contributed by atoms with E-state index in [1.165, 1.54) is 13.2 Å². The molecule has 0 aliphatic rings. The first-order valence-electron chi connectivity index (χ1n) is 8.99. The van der Waals surface area contributed by atoms with Gasteiger partial charge in [0.2, 0.25) is 5.91 Å². The molecule has 0 spiro atoms. The van der Waals surface area contributed by atoms with Gasteiger partial charge in [-0.2, -0.15) is 0 Å². The lowest BCUT2D eigenvalue weighted by Crippen LogP contribution is -2.40. The fourth-order valence-corrected chi connectivity index (χ4v) is 2.83. The lowest BCUT2D eigenvalue weighted by molar-refractivity contribution is -0.126. The van der Waals surface area contributed by atoms with E-state index in [0.717, 1.165) is 5.56 Å². The number of rotatable bonds is 9. The summed E-state index contributed by atoms with van der Waals surface area (Å²) in [4.78, 5) is 23.7. The molecule has 0 aromatic heterocycles. The fraction of sp³-hybridized carbons (Fsp3) is 0.238. The van der Waals surface area contributed by atoms with Crippen LogP contribution in [0.15, 0.2) is 42.5 Å². The van der Waals surface area contributed by atoms with E-state index in [-0.39, 0.29) is 12.3 Å². The van der Waals surface area contributed by atoms with Crippen LogP contribution >= 0.6 is 23.2 Å². The maximum absolute atomic E-state index is 11.9. The minimum atomic E-state index is -0.470. The summed E-state index contributed by atoms with van der Waals surface area (Å²) in [6.07, 6.45) is 3.51. The second kappa shape index (κ2) is 11.9. The number of carbonyl (C=O) groups excluding carboxylic acids is 2. The Labute approximate surface area is 184 Å². The number of hydrogen-bond donors (Lipinski definition) is 2. The number of nitrogens with one attached hydrogen (secondary N) is 2. The minimum absolute atomic E-state index is 0.172. The van der Waals surface area contributed by atoms with Gasteiger partial charge in [0.1, 0.15) is 5.75 Å². The minimum Gasteiger partial charge on any atom is -0.493 e. The number of benzene rings is 2. The SMILES string of the molecule is COc1ccc(C=CC(=O)NNC(=O)CCCOc2ccc(Cl)cc2Cl)cc1OC. The summed E-state index contributed by atoms with van der Waals surface area (Å²) in [6.45, 7) is 0.294. The molecule has 2 aromatic carbocycles. The maximum Gasteiger partial charge on any atom is 0.262 e. The van der Waals surface area contributed by atoms with E-state index in [1.54, 1.807) is 49.6 Å². The van der Waals surface area contributed by atoms with E-state index in [2.05, 4.69) is 10.9 Å². The lowest BCUT2D eigenvalue weighted by Gasteiger charge is -2.09. The number of carbonyl (C=O) groups is 2. The summed E-state index contributed by atoms with van der Waals surface area (Å²) in [7, 11) is 3.07. The van der Waals surface area contributed by atoms with Crippen LogP contribution in [0.2, 0.25) is 10.0 Å². The predicted molar refractivity (Wildman–Crippen MR) is 116 cm³/mol. The van der Waals surface area contributed by atoms with Gasteiger partial charge < -0.3 is 14.2 Å². The van der Waals surface area contributed by atoms with Crippen LogP contribution in [0.4, 0.5) is 0 Å². The quantitative estimate of drug-likeness (QED) is 0.340. The van der Waals surface area contributed by atoms with Crippen LogP contribution in [0.1, 0.15) is 18.4 Å². The third-order valence-electron chi connectivity index (χ3n) is 3.86. The molecule has 0 saturated carbocycles. The van der Waals surface area contributed by atoms with E-state index < -0.39 is 5.91 Å². The topological polar surface area (TPSA) is 85.9 Å². The number of halogens is 2. The normalized spacial score (nSPS) is 10.5. The zero-order chi connectivity index (χ0) is 21.9. The van der Waals surface area contributed by atoms with Gasteiger partial charge >= 0.3 is 0 Å². The van der Waals surface area contributed by atoms with Crippen LogP contribution in [0, 0.1) is 0 Å². The zero-order valence-electron chi connectivity index (χ0n) is 16.5. The van der Waals surface area contributed by atoms with Gasteiger partial charge in [-0.05, 0) is 48.4 Å². The van der Waals surface area contributed by atoms with Gasteiger partial charge in [-0.25, -0.2) is 0 Å². The molecule has 0 radical (unpaired) electrons. The molecule has 0 unspecified atom stereocenters. The van der Waals surface area contributed by atoms with Crippen LogP contribution in [0.25, 0.3) is 6.08 Å². The number of amides is 2. The van der Waals surface area contributed by atoms with E-state index >= 15 is 0 Å². The van der Waals surface area contributed by atoms with E-state index in [1.807, 2.05) is 0 Å². The van der Waals surface area contributed by atoms with Crippen LogP contribution in [0.3, 0.4) is 0 Å². The van der Waals surface area contributed by atoms with Crippen molar-refractivity contribution >= 4 is 41.1 Å². The molecule has 30 heavy (non-hydrogen) atoms. The summed E-state index contributed by atoms with van der Waals surface area (Å²) in [5.41, 5.74) is 5.41. The molecule has 160 valence electrons. The highest BCUT2D eigenvalue weighted by Crippen LogP contribution is 2.28. The molecule has 0 atom stereocenters. The molecule has 2 N–H and O–H groups in total. The highest BCUT2D eigenvalue weighted by molar-refractivity contribution is 6.35. The van der Waals surface area contributed by atoms with Crippen molar-refractivity contribution in [2.24, 2.45) is 0 Å². The van der Waals surface area contributed by atoms with Gasteiger partial charge in [-0.15, -0.1) is 0 Å². The first-order valence-corrected chi connectivity index (χ1v) is 9.75. The maximum atomic E-state index is 11.9. The lowest BCUT2D eigenvalue weighted by atomic mass is 10.2. The molecule has 0 aliphatic carbocycles. The Morgan fingerprint density at radius 2 is 1.70 bits per heavy atom. The molecular weight excluding hydrogens is 431 g/mol. The number of methoxy groups -OCH3 is 2. The molecule has 0 fully saturated rings. The monoisotopic (exact) mass is 452 g/mol. The largest absolute Gasteiger partial charge is 0.493 e. The van der Waals surface area contributed by atoms with Crippen molar-refractivity contribution in [3.63, 3.8) is 0 Å². The van der Waals surface area contributed by atoms with Crippen molar-refractivity contribution in [1.29, 1.82) is 0 Å². The molecule has 0 heterocycles. The van der Waals surface area contributed by atoms with Gasteiger partial charge in [0.25, 0.3) is 5.91 Å². The molecule has 0 aliphatic heterocycles. The van der Waals surface area contributed by atoms with Crippen molar-refractivity contribution in [2.45, 2.75) is 12.8 Å². The average molecular weight is 453 g/mol. The number of hydrazine groups is 1. The van der Waals surface area contributed by atoms with E-state index in [0.29, 0.717) is 40.3 Å². The van der Waals surface area contributed by atoms with Crippen LogP contribution in [-0.2, 0) is 9.59 Å². The second-order valence-corrected chi connectivity index (χ2v) is 6.86. The Hall–Kier alpha value is -2.90. The summed E-state index contributed by atoms with van der Waals surface area (Å²) in [6, 6.07) is 10.1. The molecule has 2 aromatic rings. The molecule has 9 heteroatoms. The molecule has 0 bridgehead atoms. The van der Waals surface area contributed by atoms with E-state index in [4.69, 9.17) is 37.4 Å². The molecule has 2 rings (SSSR count). The Morgan fingerprint density at radius 3 is 2.40 bits per heavy atom. The van der Waals surface area contributed by atoms with Gasteiger partial charge in [-0.3, -0.25) is 20.4 Å². The first-order chi connectivity index (χ1) is 14.4. The Kier molecular flexibility index (Phi) is 9.31. The van der Waals surface area contributed by atoms with Crippen molar-refractivity contribution in [2.75, 3.05) is 20.8 Å². The fourth-order valence-electron chi connectivity index (χ4n) is 2.37. The van der Waals surface area contributed by atoms with Gasteiger partial charge in [0, 0.05) is 17.5 Å². The number of ether oxygens (including phenoxy) is 3. The van der Waals surface area contributed by atoms with Crippen LogP contribution in [0.5, 0.6) is 17.2 Å². The summed E-state index contributed by atoms with van der Waals surface area (Å²) in [5.74, 6) is 0.829. The highest BCUT2D eigenvalue weighted by Gasteiger charge is 2.06. The molecule has 7 nitrogen and oxygen atoms in total. The molecule has 0 saturated heterocycles. The zero-order valence-corrected chi connectivity index (χ0v) is 18.0.